The van der Waals surface area contributed by atoms with Gasteiger partial charge in [-0.25, -0.2) is 0 Å². The Labute approximate surface area is 481 Å². The molecule has 8 rings (SSSR count). The molecule has 0 atom stereocenters. The molecule has 0 aliphatic carbocycles. The first kappa shape index (κ1) is 59.7. The molecule has 17 heteroatoms. The van der Waals surface area contributed by atoms with Crippen molar-refractivity contribution in [3.8, 4) is 74.3 Å². The van der Waals surface area contributed by atoms with Gasteiger partial charge < -0.3 is 4.74 Å². The number of unbranched alkanes of at least 4 members (excludes halogenated alkanes) is 8. The molecule has 16 nitrogen and oxygen atoms in total. The van der Waals surface area contributed by atoms with Gasteiger partial charge in [-0.3, -0.25) is 0 Å². The first-order chi connectivity index (χ1) is 39.3. The van der Waals surface area contributed by atoms with E-state index in [1.807, 2.05) is 42.5 Å². The Balaban J connectivity index is 1.60. The molecule has 2 N–H and O–H groups in total. The predicted molar refractivity (Wildman–Crippen MR) is 314 cm³/mol. The maximum atomic E-state index is 7.02. The first-order valence-corrected chi connectivity index (χ1v) is 31.2. The number of hydrogen-bond donors (Lipinski definition) is 2. The average Bonchev–Trinajstić information content (AvgIpc) is 4.41. The van der Waals surface area contributed by atoms with Crippen LogP contribution in [0.4, 0.5) is 0 Å². The van der Waals surface area contributed by atoms with Crippen LogP contribution in [0, 0.1) is 6.07 Å². The van der Waals surface area contributed by atoms with Gasteiger partial charge in [0.1, 0.15) is 5.75 Å². The molecular formula is C63H81N8O8Zn-. The summed E-state index contributed by atoms with van der Waals surface area (Å²) in [7, 11) is 0. The molecule has 0 saturated heterocycles. The molecule has 424 valence electrons. The second-order valence-corrected chi connectivity index (χ2v) is 21.4. The zero-order valence-corrected chi connectivity index (χ0v) is 51.6. The van der Waals surface area contributed by atoms with Crippen molar-refractivity contribution in [2.45, 2.75) is 158 Å². The van der Waals surface area contributed by atoms with Gasteiger partial charge in [0, 0.05) is 5.39 Å². The normalized spacial score (nSPS) is 12.0. The summed E-state index contributed by atoms with van der Waals surface area (Å²) in [6.07, 6.45) is 14.1. The van der Waals surface area contributed by atoms with E-state index in [9.17, 15) is 0 Å². The predicted octanol–water partition coefficient (Wildman–Crippen LogP) is 15.2. The molecule has 0 radical (unpaired) electrons. The molecule has 2 aliphatic heterocycles. The van der Waals surface area contributed by atoms with Gasteiger partial charge >= 0.3 is 344 Å². The van der Waals surface area contributed by atoms with Crippen LogP contribution in [0.3, 0.4) is 0 Å². The van der Waals surface area contributed by atoms with Gasteiger partial charge in [-0.2, -0.15) is 0 Å². The van der Waals surface area contributed by atoms with Crippen molar-refractivity contribution in [1.82, 2.24) is 39.9 Å². The van der Waals surface area contributed by atoms with E-state index in [-0.39, 0.29) is 5.82 Å². The number of benzene rings is 3. The van der Waals surface area contributed by atoms with Crippen molar-refractivity contribution in [2.75, 3.05) is 52.9 Å². The summed E-state index contributed by atoms with van der Waals surface area (Å²) < 4.78 is 55.3. The summed E-state index contributed by atoms with van der Waals surface area (Å²) in [5.74, 6) is 4.93. The van der Waals surface area contributed by atoms with Crippen LogP contribution in [0.15, 0.2) is 48.2 Å². The zero-order chi connectivity index (χ0) is 56.2. The quantitative estimate of drug-likeness (QED) is 0.0168. The maximum absolute atomic E-state index is 7.02. The second-order valence-electron chi connectivity index (χ2n) is 20.1. The number of hydrogen-bond acceptors (Lipinski definition) is 14. The number of aromatic nitrogens is 8. The number of fused-ring (bicyclic) bond motifs is 17. The van der Waals surface area contributed by atoms with Gasteiger partial charge in [-0.05, 0) is 31.7 Å². The summed E-state index contributed by atoms with van der Waals surface area (Å²) in [5.41, 5.74) is 4.95. The second kappa shape index (κ2) is 30.4. The Kier molecular flexibility index (Phi) is 22.7. The molecule has 6 aromatic rings. The molecule has 3 aromatic heterocycles. The third kappa shape index (κ3) is 14.2. The van der Waals surface area contributed by atoms with E-state index in [1.165, 1.54) is 0 Å². The van der Waals surface area contributed by atoms with E-state index in [1.54, 1.807) is 0 Å². The van der Waals surface area contributed by atoms with Crippen molar-refractivity contribution in [3.05, 3.63) is 59.9 Å². The van der Waals surface area contributed by atoms with Gasteiger partial charge in [0.25, 0.3) is 0 Å². The molecule has 5 heterocycles. The Morgan fingerprint density at radius 3 is 1.46 bits per heavy atom. The van der Waals surface area contributed by atoms with Crippen LogP contribution in [-0.4, -0.2) is 97.0 Å². The number of H-pyrrole nitrogens is 2. The van der Waals surface area contributed by atoms with Crippen molar-refractivity contribution in [3.63, 3.8) is 0 Å². The van der Waals surface area contributed by atoms with E-state index < -0.39 is 0 Å². The molecule has 2 aliphatic rings. The molecule has 0 unspecified atom stereocenters. The SMILES string of the molecule is CCCCO[C](=[Zn])/C(OCCCC)=C(/OCCCC)c1[c-]c2nc3nc(nc4[nH]c(nc5nc(nc1[nH]2)-c1c(OCCCC)c(OCCCC)c(OCCCC)c(OCCCC)c1-5)c1c(OCCCC)cccc41)-c1ccccc1-3. The van der Waals surface area contributed by atoms with Crippen molar-refractivity contribution >= 4 is 43.4 Å². The van der Waals surface area contributed by atoms with Crippen LogP contribution in [0.25, 0.3) is 84.7 Å². The van der Waals surface area contributed by atoms with Gasteiger partial charge in [0.05, 0.1) is 13.2 Å². The van der Waals surface area contributed by atoms with Crippen LogP contribution >= 0.6 is 0 Å². The van der Waals surface area contributed by atoms with Crippen LogP contribution in [-0.2, 0) is 32.1 Å². The van der Waals surface area contributed by atoms with Crippen molar-refractivity contribution in [1.29, 1.82) is 0 Å². The van der Waals surface area contributed by atoms with Crippen LogP contribution in [0.1, 0.15) is 164 Å². The van der Waals surface area contributed by atoms with E-state index in [0.29, 0.717) is 172 Å². The van der Waals surface area contributed by atoms with Crippen LogP contribution in [0.2, 0.25) is 0 Å². The van der Waals surface area contributed by atoms with E-state index >= 15 is 0 Å². The number of nitrogens with one attached hydrogen (secondary N) is 2. The number of nitrogens with zero attached hydrogens (tertiary/aromatic N) is 6. The fourth-order valence-corrected chi connectivity index (χ4v) is 9.90. The Morgan fingerprint density at radius 2 is 0.900 bits per heavy atom. The molecule has 0 saturated carbocycles. The van der Waals surface area contributed by atoms with Gasteiger partial charge in [-0.15, -0.1) is 0 Å². The minimum absolute atomic E-state index is 0.287. The number of rotatable bonds is 34. The van der Waals surface area contributed by atoms with E-state index in [0.717, 1.165) is 125 Å². The zero-order valence-electron chi connectivity index (χ0n) is 48.7. The Morgan fingerprint density at radius 1 is 0.438 bits per heavy atom. The Hall–Kier alpha value is -6.45. The van der Waals surface area contributed by atoms with Crippen molar-refractivity contribution in [2.24, 2.45) is 0 Å². The number of ether oxygens (including phenoxy) is 8. The fourth-order valence-electron chi connectivity index (χ4n) is 9.05. The molecule has 0 spiro atoms. The minimum atomic E-state index is 0.287. The van der Waals surface area contributed by atoms with Gasteiger partial charge in [0.15, 0.2) is 0 Å². The number of aromatic amines is 2. The molecular weight excluding hydrogens is 1060 g/mol. The van der Waals surface area contributed by atoms with Gasteiger partial charge in [-0.1, -0.05) is 78.9 Å². The molecule has 0 amide bonds. The standard InChI is InChI=1S/C63H81N8O8.Zn/c1-9-17-32-72-41-47(74-34-19-11-3)52(75-35-20-12-4)45-40-48-64-57-42-28-25-26-29-43(42)58(66-57)67-59-44-30-27-31-46(73-33-18-10-2)49(44)61(68-59)70-63-51-50(62(71-63)69-60(45)65-48)53(76-36-21-13-5)55(78-38-23-15-7)56(79-39-24-16-8)54(51)77-37-22-14-6;/h25-31H,9-24,32-39H2,1-8H3,(H2,64,65,66,67,68,69,70,71);/q-1;/b52-47-;. The molecule has 3 aromatic carbocycles. The molecule has 8 bridgehead atoms. The first-order valence-electron chi connectivity index (χ1n) is 29.7. The Bertz CT molecular complexity index is 3250. The van der Waals surface area contributed by atoms with Crippen LogP contribution < -0.4 is 23.7 Å². The van der Waals surface area contributed by atoms with Gasteiger partial charge in [0.2, 0.25) is 0 Å². The summed E-state index contributed by atoms with van der Waals surface area (Å²) in [5, 5.41) is 1.54. The monoisotopic (exact) mass is 1140 g/mol. The summed E-state index contributed by atoms with van der Waals surface area (Å²) in [6, 6.07) is 17.6. The summed E-state index contributed by atoms with van der Waals surface area (Å²) >= 11 is 0.679. The van der Waals surface area contributed by atoms with Crippen molar-refractivity contribution < 1.29 is 55.7 Å². The third-order valence-corrected chi connectivity index (χ3v) is 14.7. The fraction of sp³-hybridized carbons (Fsp3) is 0.508. The summed E-state index contributed by atoms with van der Waals surface area (Å²) in [4.78, 5) is 39.5. The average molecular weight is 1140 g/mol. The molecule has 0 fully saturated rings. The third-order valence-electron chi connectivity index (χ3n) is 13.6. The van der Waals surface area contributed by atoms with Crippen LogP contribution in [0.5, 0.6) is 28.7 Å². The topological polar surface area (TPSA) is 183 Å². The van der Waals surface area contributed by atoms with E-state index in [2.05, 4.69) is 71.4 Å². The van der Waals surface area contributed by atoms with E-state index in [4.69, 9.17) is 67.8 Å². The molecule has 80 heavy (non-hydrogen) atoms. The summed E-state index contributed by atoms with van der Waals surface area (Å²) in [6.45, 7) is 20.7.